The molecular weight excluding hydrogens is 328 g/mol. The van der Waals surface area contributed by atoms with Crippen molar-refractivity contribution < 1.29 is 13.2 Å². The number of nitrogens with zero attached hydrogens (tertiary/aromatic N) is 4. The number of piperidine rings is 2. The molecule has 7 nitrogen and oxygen atoms in total. The molecule has 1 saturated carbocycles. The molecule has 1 amide bonds. The highest BCUT2D eigenvalue weighted by Gasteiger charge is 2.47. The van der Waals surface area contributed by atoms with E-state index in [4.69, 9.17) is 0 Å². The summed E-state index contributed by atoms with van der Waals surface area (Å²) in [7, 11) is -1.79. The molecule has 3 heterocycles. The number of amides is 1. The lowest BCUT2D eigenvalue weighted by Crippen LogP contribution is -2.55. The van der Waals surface area contributed by atoms with Crippen molar-refractivity contribution in [3.05, 3.63) is 12.5 Å². The Morgan fingerprint density at radius 2 is 2.04 bits per heavy atom. The summed E-state index contributed by atoms with van der Waals surface area (Å²) < 4.78 is 29.0. The van der Waals surface area contributed by atoms with Crippen molar-refractivity contribution in [2.75, 3.05) is 19.6 Å². The molecule has 1 spiro atoms. The van der Waals surface area contributed by atoms with Crippen molar-refractivity contribution in [3.63, 3.8) is 0 Å². The van der Waals surface area contributed by atoms with Gasteiger partial charge < -0.3 is 9.47 Å². The predicted molar refractivity (Wildman–Crippen MR) is 87.6 cm³/mol. The maximum Gasteiger partial charge on any atom is 0.262 e. The summed E-state index contributed by atoms with van der Waals surface area (Å²) in [6.45, 7) is 1.76. The lowest BCUT2D eigenvalue weighted by molar-refractivity contribution is -0.139. The van der Waals surface area contributed by atoms with Crippen LogP contribution in [0.15, 0.2) is 17.6 Å². The van der Waals surface area contributed by atoms with Gasteiger partial charge in [0, 0.05) is 50.8 Å². The Hall–Kier alpha value is -1.41. The highest BCUT2D eigenvalue weighted by Crippen LogP contribution is 2.43. The largest absolute Gasteiger partial charge is 0.339 e. The zero-order chi connectivity index (χ0) is 16.9. The number of rotatable bonds is 3. The molecule has 0 bridgehead atoms. The molecule has 4 rings (SSSR count). The van der Waals surface area contributed by atoms with Crippen LogP contribution in [0, 0.1) is 5.41 Å². The Morgan fingerprint density at radius 1 is 1.25 bits per heavy atom. The molecule has 1 aromatic heterocycles. The van der Waals surface area contributed by atoms with Crippen molar-refractivity contribution in [2.45, 2.75) is 49.6 Å². The second-order valence-corrected chi connectivity index (χ2v) is 9.46. The fourth-order valence-electron chi connectivity index (χ4n) is 4.12. The molecule has 1 aliphatic carbocycles. The molecule has 2 saturated heterocycles. The van der Waals surface area contributed by atoms with Crippen molar-refractivity contribution in [1.29, 1.82) is 0 Å². The maximum atomic E-state index is 12.9. The van der Waals surface area contributed by atoms with Crippen LogP contribution in [0.5, 0.6) is 0 Å². The molecule has 3 fully saturated rings. The van der Waals surface area contributed by atoms with Gasteiger partial charge >= 0.3 is 0 Å². The van der Waals surface area contributed by atoms with Gasteiger partial charge in [0.2, 0.25) is 5.91 Å². The quantitative estimate of drug-likeness (QED) is 0.812. The maximum absolute atomic E-state index is 12.9. The van der Waals surface area contributed by atoms with Crippen molar-refractivity contribution in [2.24, 2.45) is 12.5 Å². The number of sulfonamides is 1. The van der Waals surface area contributed by atoms with Crippen LogP contribution < -0.4 is 0 Å². The molecule has 3 aliphatic rings. The van der Waals surface area contributed by atoms with Crippen LogP contribution in [0.3, 0.4) is 0 Å². The summed E-state index contributed by atoms with van der Waals surface area (Å²) >= 11 is 0. The van der Waals surface area contributed by atoms with E-state index >= 15 is 0 Å². The first-order chi connectivity index (χ1) is 11.4. The second kappa shape index (κ2) is 5.56. The molecule has 0 radical (unpaired) electrons. The first-order valence-electron chi connectivity index (χ1n) is 8.67. The number of hydrogen-bond donors (Lipinski definition) is 0. The highest BCUT2D eigenvalue weighted by molar-refractivity contribution is 7.89. The molecule has 1 unspecified atom stereocenters. The average molecular weight is 352 g/mol. The lowest BCUT2D eigenvalue weighted by Gasteiger charge is -2.47. The van der Waals surface area contributed by atoms with Crippen molar-refractivity contribution in [3.8, 4) is 0 Å². The van der Waals surface area contributed by atoms with Crippen LogP contribution in [-0.2, 0) is 21.9 Å². The van der Waals surface area contributed by atoms with E-state index in [1.54, 1.807) is 22.1 Å². The van der Waals surface area contributed by atoms with Crippen LogP contribution in [0.4, 0.5) is 0 Å². The number of aryl methyl sites for hydroxylation is 1. The Balaban J connectivity index is 1.56. The fraction of sp³-hybridized carbons (Fsp3) is 0.750. The minimum atomic E-state index is -3.55. The molecule has 24 heavy (non-hydrogen) atoms. The lowest BCUT2D eigenvalue weighted by atomic mass is 9.74. The van der Waals surface area contributed by atoms with E-state index < -0.39 is 10.0 Å². The van der Waals surface area contributed by atoms with Crippen LogP contribution in [0.1, 0.15) is 38.5 Å². The summed E-state index contributed by atoms with van der Waals surface area (Å²) in [4.78, 5) is 18.2. The minimum absolute atomic E-state index is 0.0867. The second-order valence-electron chi connectivity index (χ2n) is 7.57. The van der Waals surface area contributed by atoms with Gasteiger partial charge in [-0.1, -0.05) is 0 Å². The Bertz CT molecular complexity index is 755. The van der Waals surface area contributed by atoms with E-state index in [0.717, 1.165) is 32.1 Å². The van der Waals surface area contributed by atoms with Gasteiger partial charge in [-0.15, -0.1) is 0 Å². The minimum Gasteiger partial charge on any atom is -0.339 e. The number of hydrogen-bond acceptors (Lipinski definition) is 4. The highest BCUT2D eigenvalue weighted by atomic mass is 32.2. The van der Waals surface area contributed by atoms with E-state index in [0.29, 0.717) is 32.1 Å². The van der Waals surface area contributed by atoms with Gasteiger partial charge in [-0.25, -0.2) is 13.4 Å². The van der Waals surface area contributed by atoms with Gasteiger partial charge in [0.15, 0.2) is 5.03 Å². The van der Waals surface area contributed by atoms with Gasteiger partial charge in [0.1, 0.15) is 0 Å². The normalized spacial score (nSPS) is 29.4. The zero-order valence-electron chi connectivity index (χ0n) is 14.0. The summed E-state index contributed by atoms with van der Waals surface area (Å²) in [5, 5.41) is 0.119. The Kier molecular flexibility index (Phi) is 3.72. The molecule has 1 aromatic rings. The van der Waals surface area contributed by atoms with E-state index in [2.05, 4.69) is 4.98 Å². The molecule has 132 valence electrons. The molecule has 2 aliphatic heterocycles. The average Bonchev–Trinajstić information content (AvgIpc) is 3.31. The van der Waals surface area contributed by atoms with Crippen LogP contribution in [-0.4, -0.2) is 58.8 Å². The third-order valence-electron chi connectivity index (χ3n) is 5.59. The number of carbonyl (C=O) groups is 1. The van der Waals surface area contributed by atoms with Gasteiger partial charge in [-0.2, -0.15) is 4.31 Å². The third-order valence-corrected chi connectivity index (χ3v) is 7.33. The summed E-state index contributed by atoms with van der Waals surface area (Å²) in [6, 6.07) is 0.400. The smallest absolute Gasteiger partial charge is 0.262 e. The van der Waals surface area contributed by atoms with E-state index in [9.17, 15) is 13.2 Å². The third kappa shape index (κ3) is 2.75. The van der Waals surface area contributed by atoms with E-state index in [1.807, 2.05) is 4.90 Å². The SMILES string of the molecule is Cn1cnc(S(=O)(=O)N2CCCC3(CCC(=O)N(C4CC4)C3)C2)c1. The van der Waals surface area contributed by atoms with Gasteiger partial charge in [0.25, 0.3) is 10.0 Å². The Morgan fingerprint density at radius 3 is 2.71 bits per heavy atom. The number of carbonyl (C=O) groups excluding carboxylic acids is 1. The first-order valence-corrected chi connectivity index (χ1v) is 10.1. The number of aromatic nitrogens is 2. The topological polar surface area (TPSA) is 75.5 Å². The van der Waals surface area contributed by atoms with Gasteiger partial charge in [-0.05, 0) is 32.1 Å². The fourth-order valence-corrected chi connectivity index (χ4v) is 5.68. The summed E-state index contributed by atoms with van der Waals surface area (Å²) in [5.74, 6) is 0.243. The molecule has 8 heteroatoms. The first kappa shape index (κ1) is 16.1. The van der Waals surface area contributed by atoms with Gasteiger partial charge in [-0.3, -0.25) is 4.79 Å². The van der Waals surface area contributed by atoms with Crippen LogP contribution >= 0.6 is 0 Å². The predicted octanol–water partition coefficient (Wildman–Crippen LogP) is 0.976. The summed E-state index contributed by atoms with van der Waals surface area (Å²) in [5.41, 5.74) is -0.0867. The van der Waals surface area contributed by atoms with Crippen LogP contribution in [0.2, 0.25) is 0 Å². The molecule has 0 aromatic carbocycles. The molecular formula is C16H24N4O3S. The molecule has 1 atom stereocenters. The monoisotopic (exact) mass is 352 g/mol. The van der Waals surface area contributed by atoms with Crippen LogP contribution in [0.25, 0.3) is 0 Å². The standard InChI is InChI=1S/C16H24N4O3S/c1-18-9-14(17-12-18)24(22,23)19-8-2-6-16(10-19)7-5-15(21)20(11-16)13-3-4-13/h9,12-13H,2-8,10-11H2,1H3. The van der Waals surface area contributed by atoms with Gasteiger partial charge in [0.05, 0.1) is 6.33 Å². The number of imidazole rings is 1. The summed E-state index contributed by atoms with van der Waals surface area (Å²) in [6.07, 6.45) is 8.45. The van der Waals surface area contributed by atoms with E-state index in [-0.39, 0.29) is 16.3 Å². The van der Waals surface area contributed by atoms with Crippen molar-refractivity contribution >= 4 is 15.9 Å². The number of likely N-dealkylation sites (tertiary alicyclic amines) is 1. The van der Waals surface area contributed by atoms with E-state index in [1.165, 1.54) is 6.33 Å². The van der Waals surface area contributed by atoms with Crippen molar-refractivity contribution in [1.82, 2.24) is 18.8 Å². The molecule has 0 N–H and O–H groups in total. The Labute approximate surface area is 142 Å². The zero-order valence-corrected chi connectivity index (χ0v) is 14.8.